The molecule has 0 aliphatic heterocycles. The third kappa shape index (κ3) is 4.36. The van der Waals surface area contributed by atoms with E-state index in [0.717, 1.165) is 34.5 Å². The molecule has 0 atom stereocenters. The number of aromatic nitrogens is 3. The predicted octanol–water partition coefficient (Wildman–Crippen LogP) is 4.96. The lowest BCUT2D eigenvalue weighted by Crippen LogP contribution is -2.17. The number of ether oxygens (including phenoxy) is 1. The Kier molecular flexibility index (Phi) is 5.86. The van der Waals surface area contributed by atoms with E-state index < -0.39 is 0 Å². The highest BCUT2D eigenvalue weighted by molar-refractivity contribution is 5.77. The number of benzene rings is 2. The Bertz CT molecular complexity index is 1160. The number of rotatable bonds is 7. The Hall–Kier alpha value is -3.45. The molecule has 0 N–H and O–H groups in total. The second-order valence-corrected chi connectivity index (χ2v) is 7.76. The average Bonchev–Trinajstić information content (AvgIpc) is 3.34. The Morgan fingerprint density at radius 1 is 0.968 bits per heavy atom. The predicted molar refractivity (Wildman–Crippen MR) is 118 cm³/mol. The highest BCUT2D eigenvalue weighted by Gasteiger charge is 2.22. The quantitative estimate of drug-likeness (QED) is 0.420. The van der Waals surface area contributed by atoms with E-state index in [1.54, 1.807) is 7.11 Å². The molecule has 2 aromatic carbocycles. The van der Waals surface area contributed by atoms with Crippen LogP contribution < -0.4 is 4.74 Å². The van der Waals surface area contributed by atoms with E-state index >= 15 is 0 Å². The van der Waals surface area contributed by atoms with Gasteiger partial charge in [-0.3, -0.25) is 4.90 Å². The molecule has 0 bridgehead atoms. The Morgan fingerprint density at radius 3 is 2.35 bits per heavy atom. The van der Waals surface area contributed by atoms with E-state index in [9.17, 15) is 0 Å². The number of aryl methyl sites for hydroxylation is 3. The fourth-order valence-electron chi connectivity index (χ4n) is 3.89. The van der Waals surface area contributed by atoms with E-state index in [0.29, 0.717) is 29.8 Å². The summed E-state index contributed by atoms with van der Waals surface area (Å²) < 4.78 is 16.9. The first-order valence-electron chi connectivity index (χ1n) is 10.1. The van der Waals surface area contributed by atoms with Gasteiger partial charge in [0.1, 0.15) is 22.8 Å². The van der Waals surface area contributed by atoms with Crippen molar-refractivity contribution < 1.29 is 13.7 Å². The van der Waals surface area contributed by atoms with E-state index in [-0.39, 0.29) is 0 Å². The van der Waals surface area contributed by atoms with Gasteiger partial charge in [-0.15, -0.1) is 10.2 Å². The number of hydrogen-bond acceptors (Lipinski definition) is 7. The number of nitrogens with zero attached hydrogens (tertiary/aromatic N) is 4. The van der Waals surface area contributed by atoms with Crippen LogP contribution in [0.25, 0.3) is 22.7 Å². The summed E-state index contributed by atoms with van der Waals surface area (Å²) in [4.78, 5) is 2.14. The summed E-state index contributed by atoms with van der Waals surface area (Å²) in [5, 5.41) is 12.7. The lowest BCUT2D eigenvalue weighted by atomic mass is 10.1. The zero-order valence-corrected chi connectivity index (χ0v) is 18.5. The SMILES string of the molecule is COc1c(C)cc(CN(C)Cc2nnc(-c3c(-c4ccccc4)noc3C)o2)cc1C. The maximum Gasteiger partial charge on any atom is 0.253 e. The van der Waals surface area contributed by atoms with Crippen molar-refractivity contribution in [3.8, 4) is 28.5 Å². The molecule has 0 saturated heterocycles. The van der Waals surface area contributed by atoms with Crippen LogP contribution in [0.1, 0.15) is 28.3 Å². The molecular weight excluding hydrogens is 392 g/mol. The summed E-state index contributed by atoms with van der Waals surface area (Å²) in [6.07, 6.45) is 0. The second-order valence-electron chi connectivity index (χ2n) is 7.76. The zero-order chi connectivity index (χ0) is 22.0. The first-order chi connectivity index (χ1) is 15.0. The van der Waals surface area contributed by atoms with Gasteiger partial charge in [0.25, 0.3) is 5.89 Å². The van der Waals surface area contributed by atoms with Crippen molar-refractivity contribution in [2.24, 2.45) is 0 Å². The summed E-state index contributed by atoms with van der Waals surface area (Å²) in [5.41, 5.74) is 5.83. The van der Waals surface area contributed by atoms with Gasteiger partial charge in [-0.1, -0.05) is 47.6 Å². The molecule has 0 radical (unpaired) electrons. The molecule has 7 heteroatoms. The van der Waals surface area contributed by atoms with Crippen LogP contribution in [0.3, 0.4) is 0 Å². The van der Waals surface area contributed by atoms with Gasteiger partial charge >= 0.3 is 0 Å². The highest BCUT2D eigenvalue weighted by atomic mass is 16.5. The molecule has 2 aromatic heterocycles. The molecule has 31 heavy (non-hydrogen) atoms. The maximum atomic E-state index is 5.98. The van der Waals surface area contributed by atoms with E-state index in [4.69, 9.17) is 13.7 Å². The Balaban J connectivity index is 1.51. The van der Waals surface area contributed by atoms with Gasteiger partial charge in [0.2, 0.25) is 5.89 Å². The van der Waals surface area contributed by atoms with E-state index in [1.165, 1.54) is 5.56 Å². The van der Waals surface area contributed by atoms with Crippen LogP contribution in [0.15, 0.2) is 51.4 Å². The van der Waals surface area contributed by atoms with Gasteiger partial charge in [-0.05, 0) is 44.5 Å². The van der Waals surface area contributed by atoms with Gasteiger partial charge in [-0.2, -0.15) is 0 Å². The molecule has 4 rings (SSSR count). The summed E-state index contributed by atoms with van der Waals surface area (Å²) in [5.74, 6) is 2.54. The second kappa shape index (κ2) is 8.73. The first kappa shape index (κ1) is 20.8. The van der Waals surface area contributed by atoms with Crippen LogP contribution >= 0.6 is 0 Å². The molecule has 0 aliphatic carbocycles. The van der Waals surface area contributed by atoms with E-state index in [1.807, 2.05) is 44.3 Å². The van der Waals surface area contributed by atoms with Gasteiger partial charge in [0, 0.05) is 12.1 Å². The lowest BCUT2D eigenvalue weighted by Gasteiger charge is -2.17. The zero-order valence-electron chi connectivity index (χ0n) is 18.5. The minimum atomic E-state index is 0.414. The van der Waals surface area contributed by atoms with Crippen molar-refractivity contribution in [1.29, 1.82) is 0 Å². The van der Waals surface area contributed by atoms with Crippen molar-refractivity contribution in [3.05, 3.63) is 70.8 Å². The molecular formula is C24H26N4O3. The molecule has 0 saturated carbocycles. The van der Waals surface area contributed by atoms with Crippen LogP contribution in [0, 0.1) is 20.8 Å². The standard InChI is InChI=1S/C24H26N4O3/c1-15-11-18(12-16(2)23(15)29-5)13-28(4)14-20-25-26-24(30-20)21-17(3)31-27-22(21)19-9-7-6-8-10-19/h6-12H,13-14H2,1-5H3. The molecule has 7 nitrogen and oxygen atoms in total. The van der Waals surface area contributed by atoms with Crippen molar-refractivity contribution in [1.82, 2.24) is 20.3 Å². The van der Waals surface area contributed by atoms with Crippen molar-refractivity contribution in [2.45, 2.75) is 33.9 Å². The summed E-state index contributed by atoms with van der Waals surface area (Å²) in [6.45, 7) is 7.25. The molecule has 0 aliphatic rings. The Labute approximate surface area is 181 Å². The average molecular weight is 418 g/mol. The van der Waals surface area contributed by atoms with Crippen LogP contribution in [-0.2, 0) is 13.1 Å². The van der Waals surface area contributed by atoms with Gasteiger partial charge in [-0.25, -0.2) is 0 Å². The monoisotopic (exact) mass is 418 g/mol. The van der Waals surface area contributed by atoms with Gasteiger partial charge in [0.05, 0.1) is 13.7 Å². The third-order valence-corrected chi connectivity index (χ3v) is 5.17. The molecule has 0 unspecified atom stereocenters. The van der Waals surface area contributed by atoms with Crippen LogP contribution in [-0.4, -0.2) is 34.4 Å². The summed E-state index contributed by atoms with van der Waals surface area (Å²) >= 11 is 0. The summed E-state index contributed by atoms with van der Waals surface area (Å²) in [7, 11) is 3.73. The maximum absolute atomic E-state index is 5.98. The third-order valence-electron chi connectivity index (χ3n) is 5.17. The lowest BCUT2D eigenvalue weighted by molar-refractivity contribution is 0.282. The van der Waals surface area contributed by atoms with Crippen LogP contribution in [0.2, 0.25) is 0 Å². The van der Waals surface area contributed by atoms with E-state index in [2.05, 4.69) is 46.2 Å². The van der Waals surface area contributed by atoms with Crippen molar-refractivity contribution in [3.63, 3.8) is 0 Å². The highest BCUT2D eigenvalue weighted by Crippen LogP contribution is 2.33. The molecule has 0 spiro atoms. The molecule has 4 aromatic rings. The summed E-state index contributed by atoms with van der Waals surface area (Å²) in [6, 6.07) is 14.1. The topological polar surface area (TPSA) is 77.4 Å². The molecule has 0 amide bonds. The molecule has 0 fully saturated rings. The fraction of sp³-hybridized carbons (Fsp3) is 0.292. The smallest absolute Gasteiger partial charge is 0.253 e. The van der Waals surface area contributed by atoms with Crippen LogP contribution in [0.4, 0.5) is 0 Å². The number of methoxy groups -OCH3 is 1. The van der Waals surface area contributed by atoms with Crippen molar-refractivity contribution in [2.75, 3.05) is 14.2 Å². The minimum Gasteiger partial charge on any atom is -0.496 e. The normalized spacial score (nSPS) is 11.3. The number of hydrogen-bond donors (Lipinski definition) is 0. The molecule has 2 heterocycles. The van der Waals surface area contributed by atoms with Gasteiger partial charge in [0.15, 0.2) is 0 Å². The Morgan fingerprint density at radius 2 is 1.68 bits per heavy atom. The van der Waals surface area contributed by atoms with Gasteiger partial charge < -0.3 is 13.7 Å². The largest absolute Gasteiger partial charge is 0.496 e. The minimum absolute atomic E-state index is 0.414. The van der Waals surface area contributed by atoms with Crippen molar-refractivity contribution >= 4 is 0 Å². The first-order valence-corrected chi connectivity index (χ1v) is 10.1. The molecule has 160 valence electrons. The fourth-order valence-corrected chi connectivity index (χ4v) is 3.89. The van der Waals surface area contributed by atoms with Crippen LogP contribution in [0.5, 0.6) is 5.75 Å².